The van der Waals surface area contributed by atoms with Crippen LogP contribution in [-0.2, 0) is 19.1 Å². The molecule has 48 valence electrons. The van der Waals surface area contributed by atoms with E-state index < -0.39 is 10.7 Å². The molecule has 1 rings (SSSR count). The second-order valence-corrected chi connectivity index (χ2v) is 2.29. The third-order valence-corrected chi connectivity index (χ3v) is 1.39. The second kappa shape index (κ2) is 4.50. The van der Waals surface area contributed by atoms with Crippen LogP contribution in [0.5, 0.6) is 0 Å². The summed E-state index contributed by atoms with van der Waals surface area (Å²) in [5.41, 5.74) is 0. The number of hydrogen-bond acceptors (Lipinski definition) is 4. The van der Waals surface area contributed by atoms with Crippen LogP contribution >= 0.6 is 0 Å². The summed E-state index contributed by atoms with van der Waals surface area (Å²) in [6.07, 6.45) is 1.44. The fraction of sp³-hybridized carbons (Fsp3) is 0. The minimum absolute atomic E-state index is 0. The van der Waals surface area contributed by atoms with Crippen LogP contribution in [0.2, 0.25) is 0 Å². The van der Waals surface area contributed by atoms with Crippen LogP contribution in [0, 0.1) is 0 Å². The third kappa shape index (κ3) is 2.52. The summed E-state index contributed by atoms with van der Waals surface area (Å²) in [6, 6.07) is 4.72. The third-order valence-electron chi connectivity index (χ3n) is 0.809. The molecule has 0 aromatic carbocycles. The molecule has 0 amide bonds. The van der Waals surface area contributed by atoms with Gasteiger partial charge in [-0.15, -0.1) is 0 Å². The Bertz CT molecular complexity index is 252. The first kappa shape index (κ1) is 9.70. The van der Waals surface area contributed by atoms with Gasteiger partial charge < -0.3 is 8.42 Å². The fourth-order valence-corrected chi connectivity index (χ4v) is 0.782. The zero-order chi connectivity index (χ0) is 6.69. The van der Waals surface area contributed by atoms with E-state index in [4.69, 9.17) is 0 Å². The fourth-order valence-electron chi connectivity index (χ4n) is 0.446. The predicted molar refractivity (Wildman–Crippen MR) is 31.2 cm³/mol. The molecule has 1 aromatic heterocycles. The first-order valence-electron chi connectivity index (χ1n) is 2.31. The maximum Gasteiger partial charge on any atom is 1.00 e. The van der Waals surface area contributed by atoms with Crippen LogP contribution < -0.4 is 18.9 Å². The van der Waals surface area contributed by atoms with E-state index in [9.17, 15) is 8.42 Å². The Morgan fingerprint density at radius 2 is 2.00 bits per heavy atom. The van der Waals surface area contributed by atoms with Gasteiger partial charge in [0.25, 0.3) is 0 Å². The van der Waals surface area contributed by atoms with Gasteiger partial charge in [0.1, 0.15) is 0 Å². The van der Waals surface area contributed by atoms with Crippen molar-refractivity contribution in [2.75, 3.05) is 0 Å². The summed E-state index contributed by atoms with van der Waals surface area (Å²) in [5.74, 6) is 0. The molecule has 1 heterocycles. The van der Waals surface area contributed by atoms with E-state index in [2.05, 4.69) is 4.98 Å². The van der Waals surface area contributed by atoms with Crippen LogP contribution in [0.15, 0.2) is 29.4 Å². The average molecular weight is 149 g/mol. The van der Waals surface area contributed by atoms with E-state index in [1.165, 1.54) is 12.3 Å². The average Bonchev–Trinajstić information content (AvgIpc) is 1.90. The van der Waals surface area contributed by atoms with Gasteiger partial charge in [-0.05, 0) is 16.8 Å². The Kier molecular flexibility index (Phi) is 4.37. The van der Waals surface area contributed by atoms with Gasteiger partial charge in [0.2, 0.25) is 0 Å². The molecule has 0 saturated carbocycles. The summed E-state index contributed by atoms with van der Waals surface area (Å²) in [4.78, 5) is 3.57. The molecule has 0 aliphatic carbocycles. The molecule has 0 atom stereocenters. The molecule has 1 aromatic rings. The number of nitrogens with zero attached hydrogens (tertiary/aromatic N) is 1. The standard InChI is InChI=1S/C5H4NO2S.Li/c7-9(8)5-3-1-2-4-6-5;/h1-4H;/q-1;+1. The van der Waals surface area contributed by atoms with Gasteiger partial charge in [-0.2, -0.15) is 0 Å². The zero-order valence-corrected chi connectivity index (χ0v) is 6.30. The molecule has 10 heavy (non-hydrogen) atoms. The molecule has 0 aliphatic rings. The van der Waals surface area contributed by atoms with Gasteiger partial charge in [-0.3, -0.25) is 4.98 Å². The topological polar surface area (TPSA) is 47.0 Å². The Morgan fingerprint density at radius 1 is 1.30 bits per heavy atom. The van der Waals surface area contributed by atoms with Crippen LogP contribution in [0.3, 0.4) is 0 Å². The monoisotopic (exact) mass is 149 g/mol. The smallest absolute Gasteiger partial charge is 0.418 e. The number of aromatic nitrogens is 1. The normalized spacial score (nSPS) is 8.90. The Morgan fingerprint density at radius 3 is 2.30 bits per heavy atom. The molecule has 0 spiro atoms. The first-order chi connectivity index (χ1) is 4.30. The largest absolute Gasteiger partial charge is 1.00 e. The number of pyridine rings is 1. The van der Waals surface area contributed by atoms with Gasteiger partial charge in [-0.25, -0.2) is 0 Å². The predicted octanol–water partition coefficient (Wildman–Crippen LogP) is -2.25. The maximum absolute atomic E-state index is 10.1. The van der Waals surface area contributed by atoms with Crippen LogP contribution in [0.25, 0.3) is 0 Å². The van der Waals surface area contributed by atoms with E-state index in [0.29, 0.717) is 0 Å². The number of rotatable bonds is 1. The molecular formula is C5H4LiNO2S. The summed E-state index contributed by atoms with van der Waals surface area (Å²) in [6.45, 7) is 0. The minimum atomic E-state index is -2.19. The Hall–Kier alpha value is -0.303. The van der Waals surface area contributed by atoms with Crippen molar-refractivity contribution < 1.29 is 27.3 Å². The minimum Gasteiger partial charge on any atom is -0.418 e. The number of hydrogen-bond donors (Lipinski definition) is 0. The van der Waals surface area contributed by atoms with Gasteiger partial charge in [-0.1, -0.05) is 12.1 Å². The molecule has 0 radical (unpaired) electrons. The van der Waals surface area contributed by atoms with Crippen molar-refractivity contribution in [3.05, 3.63) is 24.4 Å². The summed E-state index contributed by atoms with van der Waals surface area (Å²) in [5, 5.41) is 0.0810. The second-order valence-electron chi connectivity index (χ2n) is 1.40. The van der Waals surface area contributed by atoms with Crippen molar-refractivity contribution in [3.8, 4) is 0 Å². The Labute approximate surface area is 72.6 Å². The van der Waals surface area contributed by atoms with E-state index in [0.717, 1.165) is 0 Å². The van der Waals surface area contributed by atoms with Gasteiger partial charge in [0, 0.05) is 11.2 Å². The summed E-state index contributed by atoms with van der Waals surface area (Å²) >= 11 is 0. The van der Waals surface area contributed by atoms with E-state index in [1.54, 1.807) is 12.1 Å². The van der Waals surface area contributed by atoms with Crippen LogP contribution in [0.1, 0.15) is 0 Å². The van der Waals surface area contributed by atoms with Gasteiger partial charge in [0.05, 0.1) is 0 Å². The zero-order valence-electron chi connectivity index (χ0n) is 5.48. The SMILES string of the molecule is O=[S-](=O)c1ccccn1.[Li+]. The summed E-state index contributed by atoms with van der Waals surface area (Å²) in [7, 11) is -2.19. The van der Waals surface area contributed by atoms with E-state index >= 15 is 0 Å². The van der Waals surface area contributed by atoms with Crippen molar-refractivity contribution in [1.29, 1.82) is 0 Å². The van der Waals surface area contributed by atoms with Crippen molar-refractivity contribution in [3.63, 3.8) is 0 Å². The van der Waals surface area contributed by atoms with Gasteiger partial charge in [0.15, 0.2) is 0 Å². The van der Waals surface area contributed by atoms with Gasteiger partial charge >= 0.3 is 18.9 Å². The van der Waals surface area contributed by atoms with Crippen molar-refractivity contribution in [2.24, 2.45) is 0 Å². The van der Waals surface area contributed by atoms with Crippen LogP contribution in [-0.4, -0.2) is 4.98 Å². The molecule has 0 bridgehead atoms. The first-order valence-corrected chi connectivity index (χ1v) is 3.38. The maximum atomic E-state index is 10.1. The van der Waals surface area contributed by atoms with Crippen LogP contribution in [0.4, 0.5) is 0 Å². The van der Waals surface area contributed by atoms with Crippen molar-refractivity contribution in [1.82, 2.24) is 4.98 Å². The Balaban J connectivity index is 0.000000810. The van der Waals surface area contributed by atoms with E-state index in [1.807, 2.05) is 0 Å². The molecule has 3 nitrogen and oxygen atoms in total. The van der Waals surface area contributed by atoms with Crippen molar-refractivity contribution >= 4 is 10.7 Å². The molecule has 0 fully saturated rings. The quantitative estimate of drug-likeness (QED) is 0.335. The molecular weight excluding hydrogens is 145 g/mol. The summed E-state index contributed by atoms with van der Waals surface area (Å²) < 4.78 is 20.3. The molecule has 5 heteroatoms. The molecule has 0 N–H and O–H groups in total. The van der Waals surface area contributed by atoms with Crippen molar-refractivity contribution in [2.45, 2.75) is 5.03 Å². The molecule has 0 saturated heterocycles. The molecule has 0 unspecified atom stereocenters. The van der Waals surface area contributed by atoms with E-state index in [-0.39, 0.29) is 23.9 Å². The molecule has 0 aliphatic heterocycles.